The van der Waals surface area contributed by atoms with Crippen molar-refractivity contribution in [3.63, 3.8) is 0 Å². The van der Waals surface area contributed by atoms with Gasteiger partial charge in [-0.25, -0.2) is 0 Å². The Bertz CT molecular complexity index is 440. The summed E-state index contributed by atoms with van der Waals surface area (Å²) >= 11 is 5.45. The monoisotopic (exact) mass is 305 g/mol. The summed E-state index contributed by atoms with van der Waals surface area (Å²) < 4.78 is 73.3. The number of rotatable bonds is 3. The fourth-order valence-electron chi connectivity index (χ4n) is 1.48. The molecule has 1 aromatic rings. The van der Waals surface area contributed by atoms with Gasteiger partial charge in [-0.15, -0.1) is 0 Å². The Hall–Kier alpha value is -0.950. The second kappa shape index (κ2) is 5.58. The Morgan fingerprint density at radius 3 is 2.11 bits per heavy atom. The number of hydrogen-bond donors (Lipinski definition) is 1. The zero-order valence-electron chi connectivity index (χ0n) is 9.45. The topological polar surface area (TPSA) is 26.0 Å². The van der Waals surface area contributed by atoms with Crippen LogP contribution in [0.4, 0.5) is 26.3 Å². The molecule has 1 nitrogen and oxygen atoms in total. The van der Waals surface area contributed by atoms with E-state index in [1.165, 1.54) is 0 Å². The van der Waals surface area contributed by atoms with E-state index in [9.17, 15) is 26.3 Å². The van der Waals surface area contributed by atoms with Crippen molar-refractivity contribution in [2.75, 3.05) is 0 Å². The number of halogens is 7. The first-order chi connectivity index (χ1) is 8.50. The third kappa shape index (κ3) is 4.91. The van der Waals surface area contributed by atoms with Gasteiger partial charge in [0.1, 0.15) is 0 Å². The normalized spacial score (nSPS) is 14.5. The highest BCUT2D eigenvalue weighted by Gasteiger charge is 2.33. The minimum absolute atomic E-state index is 0.141. The molecule has 0 aliphatic rings. The Labute approximate surface area is 110 Å². The van der Waals surface area contributed by atoms with Crippen molar-refractivity contribution >= 4 is 11.6 Å². The molecule has 0 aliphatic carbocycles. The fourth-order valence-corrected chi connectivity index (χ4v) is 1.77. The van der Waals surface area contributed by atoms with Gasteiger partial charge in [0.25, 0.3) is 0 Å². The maximum Gasteiger partial charge on any atom is 0.417 e. The van der Waals surface area contributed by atoms with Crippen LogP contribution in [0, 0.1) is 0 Å². The number of alkyl halides is 6. The lowest BCUT2D eigenvalue weighted by Crippen LogP contribution is -2.16. The first-order valence-corrected chi connectivity index (χ1v) is 5.57. The highest BCUT2D eigenvalue weighted by molar-refractivity contribution is 6.31. The van der Waals surface area contributed by atoms with Crippen LogP contribution in [0.5, 0.6) is 0 Å². The van der Waals surface area contributed by atoms with Gasteiger partial charge in [0.2, 0.25) is 0 Å². The second-order valence-electron chi connectivity index (χ2n) is 4.00. The van der Waals surface area contributed by atoms with E-state index in [4.69, 9.17) is 17.3 Å². The standard InChI is InChI=1S/C11H10ClF6N/c12-8-5-6(1-2-7(8)11(16,17)18)9(19)3-4-10(13,14)15/h1-2,5,9H,3-4,19H2/t9-/m0/s1. The average molecular weight is 306 g/mol. The Kier molecular flexibility index (Phi) is 4.73. The molecule has 2 N–H and O–H groups in total. The van der Waals surface area contributed by atoms with Gasteiger partial charge in [-0.2, -0.15) is 26.3 Å². The number of nitrogens with two attached hydrogens (primary N) is 1. The van der Waals surface area contributed by atoms with Crippen molar-refractivity contribution in [3.8, 4) is 0 Å². The van der Waals surface area contributed by atoms with Gasteiger partial charge < -0.3 is 5.73 Å². The van der Waals surface area contributed by atoms with Crippen molar-refractivity contribution in [1.29, 1.82) is 0 Å². The molecule has 0 amide bonds. The molecular formula is C11H10ClF6N. The molecule has 0 heterocycles. The number of hydrogen-bond acceptors (Lipinski definition) is 1. The molecule has 0 spiro atoms. The van der Waals surface area contributed by atoms with Crippen LogP contribution in [0.3, 0.4) is 0 Å². The largest absolute Gasteiger partial charge is 0.417 e. The Balaban J connectivity index is 2.83. The lowest BCUT2D eigenvalue weighted by molar-refractivity contribution is -0.137. The Morgan fingerprint density at radius 1 is 1.11 bits per heavy atom. The average Bonchev–Trinajstić information content (AvgIpc) is 2.22. The summed E-state index contributed by atoms with van der Waals surface area (Å²) in [5, 5.41) is -0.576. The fraction of sp³-hybridized carbons (Fsp3) is 0.455. The lowest BCUT2D eigenvalue weighted by Gasteiger charge is -2.16. The van der Waals surface area contributed by atoms with Crippen LogP contribution >= 0.6 is 11.6 Å². The lowest BCUT2D eigenvalue weighted by atomic mass is 10.0. The van der Waals surface area contributed by atoms with Crippen LogP contribution < -0.4 is 5.73 Å². The van der Waals surface area contributed by atoms with Crippen molar-refractivity contribution < 1.29 is 26.3 Å². The minimum atomic E-state index is -4.61. The molecule has 108 valence electrons. The molecule has 8 heteroatoms. The zero-order valence-corrected chi connectivity index (χ0v) is 10.2. The van der Waals surface area contributed by atoms with Gasteiger partial charge in [-0.1, -0.05) is 17.7 Å². The summed E-state index contributed by atoms with van der Waals surface area (Å²) in [7, 11) is 0. The van der Waals surface area contributed by atoms with Gasteiger partial charge in [-0.05, 0) is 24.1 Å². The third-order valence-corrected chi connectivity index (χ3v) is 2.78. The van der Waals surface area contributed by atoms with E-state index >= 15 is 0 Å². The van der Waals surface area contributed by atoms with Gasteiger partial charge in [0, 0.05) is 12.5 Å². The van der Waals surface area contributed by atoms with E-state index in [1.807, 2.05) is 0 Å². The number of benzene rings is 1. The molecule has 0 saturated heterocycles. The quantitative estimate of drug-likeness (QED) is 0.805. The van der Waals surface area contributed by atoms with Crippen LogP contribution in [-0.2, 0) is 6.18 Å². The van der Waals surface area contributed by atoms with Crippen LogP contribution in [0.15, 0.2) is 18.2 Å². The zero-order chi connectivity index (χ0) is 14.8. The molecule has 0 aromatic heterocycles. The molecule has 1 atom stereocenters. The molecule has 0 aliphatic heterocycles. The first kappa shape index (κ1) is 16.1. The molecule has 19 heavy (non-hydrogen) atoms. The Morgan fingerprint density at radius 2 is 1.68 bits per heavy atom. The van der Waals surface area contributed by atoms with E-state index in [2.05, 4.69) is 0 Å². The molecule has 1 aromatic carbocycles. The minimum Gasteiger partial charge on any atom is -0.324 e. The van der Waals surface area contributed by atoms with Crippen molar-refractivity contribution in [2.24, 2.45) is 5.73 Å². The van der Waals surface area contributed by atoms with Gasteiger partial charge in [-0.3, -0.25) is 0 Å². The molecule has 0 unspecified atom stereocenters. The maximum absolute atomic E-state index is 12.4. The predicted octanol–water partition coefficient (Wildman–Crippen LogP) is 4.70. The summed E-state index contributed by atoms with van der Waals surface area (Å²) in [5.74, 6) is 0. The molecule has 0 bridgehead atoms. The molecule has 0 saturated carbocycles. The van der Waals surface area contributed by atoms with E-state index in [1.54, 1.807) is 0 Å². The summed E-state index contributed by atoms with van der Waals surface area (Å²) in [6, 6.07) is 1.69. The van der Waals surface area contributed by atoms with Gasteiger partial charge >= 0.3 is 12.4 Å². The van der Waals surface area contributed by atoms with Crippen molar-refractivity contribution in [3.05, 3.63) is 34.3 Å². The van der Waals surface area contributed by atoms with Crippen LogP contribution in [0.1, 0.15) is 30.0 Å². The smallest absolute Gasteiger partial charge is 0.324 e. The summed E-state index contributed by atoms with van der Waals surface area (Å²) in [4.78, 5) is 0. The van der Waals surface area contributed by atoms with E-state index in [-0.39, 0.29) is 5.56 Å². The second-order valence-corrected chi connectivity index (χ2v) is 4.40. The van der Waals surface area contributed by atoms with Crippen LogP contribution in [0.2, 0.25) is 5.02 Å². The summed E-state index contributed by atoms with van der Waals surface area (Å²) in [5.41, 5.74) is 4.59. The van der Waals surface area contributed by atoms with Gasteiger partial charge in [0.05, 0.1) is 10.6 Å². The first-order valence-electron chi connectivity index (χ1n) is 5.19. The van der Waals surface area contributed by atoms with Crippen LogP contribution in [-0.4, -0.2) is 6.18 Å². The van der Waals surface area contributed by atoms with Crippen molar-refractivity contribution in [1.82, 2.24) is 0 Å². The molecule has 1 rings (SSSR count). The summed E-state index contributed by atoms with van der Waals surface area (Å²) in [6.07, 6.45) is -10.5. The molecule has 0 fully saturated rings. The molecular weight excluding hydrogens is 296 g/mol. The van der Waals surface area contributed by atoms with E-state index in [0.717, 1.165) is 12.1 Å². The summed E-state index contributed by atoms with van der Waals surface area (Å²) in [6.45, 7) is 0. The third-order valence-electron chi connectivity index (χ3n) is 2.47. The molecule has 0 radical (unpaired) electrons. The maximum atomic E-state index is 12.4. The predicted molar refractivity (Wildman–Crippen MR) is 58.7 cm³/mol. The van der Waals surface area contributed by atoms with Gasteiger partial charge in [0.15, 0.2) is 0 Å². The highest BCUT2D eigenvalue weighted by atomic mass is 35.5. The van der Waals surface area contributed by atoms with E-state index in [0.29, 0.717) is 6.07 Å². The SMILES string of the molecule is N[C@@H](CCC(F)(F)F)c1ccc(C(F)(F)F)c(Cl)c1. The van der Waals surface area contributed by atoms with E-state index < -0.39 is 41.8 Å². The van der Waals surface area contributed by atoms with Crippen molar-refractivity contribution in [2.45, 2.75) is 31.2 Å². The highest BCUT2D eigenvalue weighted by Crippen LogP contribution is 2.36. The van der Waals surface area contributed by atoms with Crippen LogP contribution in [0.25, 0.3) is 0 Å².